The van der Waals surface area contributed by atoms with Crippen molar-refractivity contribution in [3.05, 3.63) is 54.1 Å². The fourth-order valence-electron chi connectivity index (χ4n) is 2.90. The van der Waals surface area contributed by atoms with Crippen LogP contribution in [0.3, 0.4) is 0 Å². The molecule has 0 saturated carbocycles. The van der Waals surface area contributed by atoms with E-state index in [2.05, 4.69) is 5.32 Å². The fourth-order valence-corrected chi connectivity index (χ4v) is 4.36. The topological polar surface area (TPSA) is 102 Å². The summed E-state index contributed by atoms with van der Waals surface area (Å²) in [7, 11) is -3.60. The van der Waals surface area contributed by atoms with Crippen LogP contribution in [-0.2, 0) is 26.0 Å². The summed E-state index contributed by atoms with van der Waals surface area (Å²) in [6.45, 7) is 1.44. The van der Waals surface area contributed by atoms with Gasteiger partial charge in [0.15, 0.2) is 0 Å². The summed E-state index contributed by atoms with van der Waals surface area (Å²) >= 11 is 0. The highest BCUT2D eigenvalue weighted by atomic mass is 35.5. The monoisotopic (exact) mass is 425 g/mol. The average molecular weight is 426 g/mol. The number of rotatable bonds is 6. The quantitative estimate of drug-likeness (QED) is 0.691. The van der Waals surface area contributed by atoms with E-state index in [0.29, 0.717) is 44.1 Å². The van der Waals surface area contributed by atoms with E-state index >= 15 is 0 Å². The van der Waals surface area contributed by atoms with Crippen LogP contribution in [0.2, 0.25) is 0 Å². The van der Waals surface area contributed by atoms with Gasteiger partial charge in [0.05, 0.1) is 18.1 Å². The van der Waals surface area contributed by atoms with Crippen molar-refractivity contribution in [1.29, 1.82) is 0 Å². The van der Waals surface area contributed by atoms with Crippen molar-refractivity contribution in [2.24, 2.45) is 0 Å². The molecule has 0 radical (unpaired) electrons. The third-order valence-corrected chi connectivity index (χ3v) is 6.30. The number of ether oxygens (including phenoxy) is 1. The number of benzene rings is 2. The fraction of sp³-hybridized carbons (Fsp3) is 0.316. The summed E-state index contributed by atoms with van der Waals surface area (Å²) in [5.74, 6) is -0.195. The van der Waals surface area contributed by atoms with E-state index in [1.807, 2.05) is 18.2 Å². The summed E-state index contributed by atoms with van der Waals surface area (Å²) in [4.78, 5) is 12.4. The first-order valence-corrected chi connectivity index (χ1v) is 10.2. The third-order valence-electron chi connectivity index (χ3n) is 4.40. The number of nitrogen functional groups attached to an aromatic ring is 1. The first kappa shape index (κ1) is 22.2. The van der Waals surface area contributed by atoms with Crippen molar-refractivity contribution in [1.82, 2.24) is 4.31 Å². The van der Waals surface area contributed by atoms with Crippen LogP contribution in [-0.4, -0.2) is 44.9 Å². The molecule has 2 aromatic carbocycles. The first-order valence-electron chi connectivity index (χ1n) is 8.78. The number of nitrogens with two attached hydrogens (primary N) is 1. The lowest BCUT2D eigenvalue weighted by atomic mass is 10.1. The van der Waals surface area contributed by atoms with Crippen molar-refractivity contribution in [2.45, 2.75) is 17.7 Å². The van der Waals surface area contributed by atoms with Gasteiger partial charge in [0.1, 0.15) is 0 Å². The minimum absolute atomic E-state index is 0. The molecular formula is C19H24ClN3O4S. The van der Waals surface area contributed by atoms with Crippen molar-refractivity contribution in [3.8, 4) is 0 Å². The summed E-state index contributed by atoms with van der Waals surface area (Å²) in [6.07, 6.45) is 0.777. The number of para-hydroxylation sites is 1. The molecule has 2 aromatic rings. The van der Waals surface area contributed by atoms with Crippen LogP contribution in [0.5, 0.6) is 0 Å². The molecule has 3 rings (SSSR count). The van der Waals surface area contributed by atoms with Gasteiger partial charge in [-0.25, -0.2) is 8.42 Å². The Morgan fingerprint density at radius 2 is 1.82 bits per heavy atom. The lowest BCUT2D eigenvalue weighted by Gasteiger charge is -2.26. The van der Waals surface area contributed by atoms with Crippen LogP contribution in [0.25, 0.3) is 0 Å². The molecule has 1 aliphatic heterocycles. The first-order chi connectivity index (χ1) is 13.0. The standard InChI is InChI=1S/C19H23N3O4S.ClH/c20-18-7-2-1-4-15(18)8-9-19(23)21-16-5-3-6-17(14-16)27(24,25)22-10-12-26-13-11-22;/h1-7,14H,8-13,20H2,(H,21,23);1H. The number of nitrogens with zero attached hydrogens (tertiary/aromatic N) is 1. The smallest absolute Gasteiger partial charge is 0.243 e. The maximum Gasteiger partial charge on any atom is 0.243 e. The lowest BCUT2D eigenvalue weighted by Crippen LogP contribution is -2.40. The van der Waals surface area contributed by atoms with Crippen LogP contribution < -0.4 is 11.1 Å². The molecule has 0 bridgehead atoms. The number of halogens is 1. The molecule has 0 aromatic heterocycles. The van der Waals surface area contributed by atoms with Crippen LogP contribution in [0.1, 0.15) is 12.0 Å². The van der Waals surface area contributed by atoms with Gasteiger partial charge in [0.25, 0.3) is 0 Å². The Hall–Kier alpha value is -2.13. The van der Waals surface area contributed by atoms with Gasteiger partial charge in [-0.05, 0) is 36.2 Å². The molecule has 1 heterocycles. The number of hydrogen-bond acceptors (Lipinski definition) is 5. The Morgan fingerprint density at radius 1 is 1.11 bits per heavy atom. The second-order valence-electron chi connectivity index (χ2n) is 6.29. The highest BCUT2D eigenvalue weighted by Gasteiger charge is 2.26. The summed E-state index contributed by atoms with van der Waals surface area (Å²) in [5.41, 5.74) is 7.91. The van der Waals surface area contributed by atoms with Gasteiger partial charge in [-0.3, -0.25) is 4.79 Å². The molecule has 0 atom stereocenters. The predicted molar refractivity (Wildman–Crippen MR) is 111 cm³/mol. The number of sulfonamides is 1. The number of aryl methyl sites for hydroxylation is 1. The van der Waals surface area contributed by atoms with E-state index in [9.17, 15) is 13.2 Å². The molecule has 152 valence electrons. The third kappa shape index (κ3) is 5.45. The molecule has 1 amide bonds. The van der Waals surface area contributed by atoms with Crippen molar-refractivity contribution >= 4 is 39.7 Å². The Balaban J connectivity index is 0.00000280. The molecule has 1 aliphatic rings. The summed E-state index contributed by atoms with van der Waals surface area (Å²) in [5, 5.41) is 2.76. The van der Waals surface area contributed by atoms with Gasteiger partial charge in [-0.2, -0.15) is 4.31 Å². The van der Waals surface area contributed by atoms with Gasteiger partial charge in [0.2, 0.25) is 15.9 Å². The van der Waals surface area contributed by atoms with Gasteiger partial charge >= 0.3 is 0 Å². The molecule has 1 fully saturated rings. The Kier molecular flexibility index (Phi) is 7.82. The lowest BCUT2D eigenvalue weighted by molar-refractivity contribution is -0.116. The minimum atomic E-state index is -3.60. The molecule has 1 saturated heterocycles. The molecule has 3 N–H and O–H groups in total. The second-order valence-corrected chi connectivity index (χ2v) is 8.23. The number of carbonyl (C=O) groups is 1. The maximum atomic E-state index is 12.7. The number of anilines is 2. The number of carbonyl (C=O) groups excluding carboxylic acids is 1. The van der Waals surface area contributed by atoms with Gasteiger partial charge < -0.3 is 15.8 Å². The molecule has 0 aliphatic carbocycles. The SMILES string of the molecule is Cl.Nc1ccccc1CCC(=O)Nc1cccc(S(=O)(=O)N2CCOCC2)c1. The Morgan fingerprint density at radius 3 is 2.54 bits per heavy atom. The van der Waals surface area contributed by atoms with Crippen LogP contribution in [0, 0.1) is 0 Å². The predicted octanol–water partition coefficient (Wildman–Crippen LogP) is 2.28. The highest BCUT2D eigenvalue weighted by Crippen LogP contribution is 2.21. The van der Waals surface area contributed by atoms with Gasteiger partial charge in [0, 0.05) is 30.9 Å². The van der Waals surface area contributed by atoms with E-state index in [1.54, 1.807) is 18.2 Å². The van der Waals surface area contributed by atoms with Crippen LogP contribution in [0.15, 0.2) is 53.4 Å². The Labute approximate surface area is 171 Å². The minimum Gasteiger partial charge on any atom is -0.399 e. The van der Waals surface area contributed by atoms with E-state index in [-0.39, 0.29) is 29.6 Å². The molecule has 9 heteroatoms. The van der Waals surface area contributed by atoms with E-state index in [0.717, 1.165) is 5.56 Å². The van der Waals surface area contributed by atoms with E-state index in [4.69, 9.17) is 10.5 Å². The number of hydrogen-bond donors (Lipinski definition) is 2. The summed E-state index contributed by atoms with van der Waals surface area (Å²) in [6, 6.07) is 13.7. The number of nitrogens with one attached hydrogen (secondary N) is 1. The molecule has 0 spiro atoms. The zero-order valence-corrected chi connectivity index (χ0v) is 17.0. The van der Waals surface area contributed by atoms with Gasteiger partial charge in [-0.15, -0.1) is 12.4 Å². The highest BCUT2D eigenvalue weighted by molar-refractivity contribution is 7.89. The molecule has 0 unspecified atom stereocenters. The largest absolute Gasteiger partial charge is 0.399 e. The number of morpholine rings is 1. The summed E-state index contributed by atoms with van der Waals surface area (Å²) < 4.78 is 32.0. The van der Waals surface area contributed by atoms with E-state index < -0.39 is 10.0 Å². The van der Waals surface area contributed by atoms with Crippen LogP contribution >= 0.6 is 12.4 Å². The number of amides is 1. The maximum absolute atomic E-state index is 12.7. The van der Waals surface area contributed by atoms with Crippen molar-refractivity contribution < 1.29 is 17.9 Å². The normalized spacial score (nSPS) is 14.9. The average Bonchev–Trinajstić information content (AvgIpc) is 2.68. The Bertz CT molecular complexity index is 915. The zero-order valence-electron chi connectivity index (χ0n) is 15.3. The zero-order chi connectivity index (χ0) is 19.3. The molecule has 7 nitrogen and oxygen atoms in total. The van der Waals surface area contributed by atoms with Crippen molar-refractivity contribution in [2.75, 3.05) is 37.4 Å². The van der Waals surface area contributed by atoms with Crippen molar-refractivity contribution in [3.63, 3.8) is 0 Å². The van der Waals surface area contributed by atoms with E-state index in [1.165, 1.54) is 16.4 Å². The second kappa shape index (κ2) is 9.88. The molecule has 28 heavy (non-hydrogen) atoms. The van der Waals surface area contributed by atoms with Gasteiger partial charge in [-0.1, -0.05) is 24.3 Å². The van der Waals surface area contributed by atoms with Crippen LogP contribution in [0.4, 0.5) is 11.4 Å². The molecular weight excluding hydrogens is 402 g/mol.